The van der Waals surface area contributed by atoms with Crippen molar-refractivity contribution in [3.63, 3.8) is 0 Å². The first kappa shape index (κ1) is 17.7. The van der Waals surface area contributed by atoms with Crippen LogP contribution in [0.4, 0.5) is 5.69 Å². The van der Waals surface area contributed by atoms with Gasteiger partial charge in [-0.15, -0.1) is 0 Å². The van der Waals surface area contributed by atoms with Crippen LogP contribution in [-0.4, -0.2) is 30.5 Å². The van der Waals surface area contributed by atoms with Crippen LogP contribution in [-0.2, 0) is 11.2 Å². The predicted octanol–water partition coefficient (Wildman–Crippen LogP) is 3.79. The molecule has 4 nitrogen and oxygen atoms in total. The van der Waals surface area contributed by atoms with Gasteiger partial charge in [0, 0.05) is 42.3 Å². The summed E-state index contributed by atoms with van der Waals surface area (Å²) in [4.78, 5) is 19.1. The topological polar surface area (TPSA) is 45.2 Å². The number of carbonyl (C=O) groups excluding carboxylic acids is 1. The smallest absolute Gasteiger partial charge is 0.222 e. The van der Waals surface area contributed by atoms with Gasteiger partial charge < -0.3 is 10.2 Å². The van der Waals surface area contributed by atoms with E-state index < -0.39 is 0 Å². The Bertz CT molecular complexity index is 741. The van der Waals surface area contributed by atoms with Crippen molar-refractivity contribution in [1.29, 1.82) is 0 Å². The summed E-state index contributed by atoms with van der Waals surface area (Å²) in [6.07, 6.45) is 3.29. The molecule has 1 aliphatic heterocycles. The normalized spacial score (nSPS) is 17.9. The molecule has 1 saturated heterocycles. The maximum Gasteiger partial charge on any atom is 0.222 e. The molecule has 3 rings (SSSR count). The van der Waals surface area contributed by atoms with Gasteiger partial charge in [0.05, 0.1) is 5.52 Å². The van der Waals surface area contributed by atoms with Crippen molar-refractivity contribution in [3.05, 3.63) is 36.0 Å². The average Bonchev–Trinajstić information content (AvgIpc) is 2.65. The van der Waals surface area contributed by atoms with Crippen molar-refractivity contribution in [3.8, 4) is 0 Å². The molecule has 2 heterocycles. The maximum atomic E-state index is 11.9. The second-order valence-corrected chi connectivity index (χ2v) is 7.36. The first-order valence-electron chi connectivity index (χ1n) is 9.49. The highest BCUT2D eigenvalue weighted by Gasteiger charge is 2.22. The number of para-hydroxylation sites is 1. The number of hydrogen-bond acceptors (Lipinski definition) is 3. The van der Waals surface area contributed by atoms with Crippen LogP contribution in [0.25, 0.3) is 10.9 Å². The molecule has 1 atom stereocenters. The number of carbonyl (C=O) groups is 1. The summed E-state index contributed by atoms with van der Waals surface area (Å²) in [5.74, 6) is 0.712. The third-order valence-corrected chi connectivity index (χ3v) is 5.06. The minimum Gasteiger partial charge on any atom is -0.371 e. The van der Waals surface area contributed by atoms with Crippen LogP contribution in [0.1, 0.15) is 39.3 Å². The Labute approximate surface area is 150 Å². The average molecular weight is 339 g/mol. The summed E-state index contributed by atoms with van der Waals surface area (Å²) < 4.78 is 0. The molecule has 134 valence electrons. The second kappa shape index (κ2) is 7.85. The van der Waals surface area contributed by atoms with Gasteiger partial charge in [-0.3, -0.25) is 9.78 Å². The monoisotopic (exact) mass is 339 g/mol. The lowest BCUT2D eigenvalue weighted by Gasteiger charge is -2.35. The Morgan fingerprint density at radius 1 is 1.36 bits per heavy atom. The van der Waals surface area contributed by atoms with Crippen molar-refractivity contribution < 1.29 is 4.79 Å². The lowest BCUT2D eigenvalue weighted by Crippen LogP contribution is -2.42. The Morgan fingerprint density at radius 2 is 2.16 bits per heavy atom. The van der Waals surface area contributed by atoms with Gasteiger partial charge >= 0.3 is 0 Å². The zero-order chi connectivity index (χ0) is 17.8. The molecule has 1 aliphatic rings. The van der Waals surface area contributed by atoms with Gasteiger partial charge in [-0.25, -0.2) is 0 Å². The van der Waals surface area contributed by atoms with E-state index >= 15 is 0 Å². The maximum absolute atomic E-state index is 11.9. The highest BCUT2D eigenvalue weighted by molar-refractivity contribution is 5.92. The van der Waals surface area contributed by atoms with Crippen LogP contribution in [0.5, 0.6) is 0 Å². The number of benzene rings is 1. The molecular weight excluding hydrogens is 310 g/mol. The molecule has 0 radical (unpaired) electrons. The number of aromatic nitrogens is 1. The van der Waals surface area contributed by atoms with Crippen molar-refractivity contribution in [2.45, 2.75) is 40.0 Å². The molecule has 0 bridgehead atoms. The van der Waals surface area contributed by atoms with Gasteiger partial charge in [-0.1, -0.05) is 39.0 Å². The van der Waals surface area contributed by atoms with Crippen LogP contribution in [0.3, 0.4) is 0 Å². The molecule has 1 fully saturated rings. The number of nitrogens with zero attached hydrogens (tertiary/aromatic N) is 2. The Morgan fingerprint density at radius 3 is 2.92 bits per heavy atom. The van der Waals surface area contributed by atoms with Gasteiger partial charge in [0.2, 0.25) is 5.91 Å². The lowest BCUT2D eigenvalue weighted by molar-refractivity contribution is -0.124. The number of piperidine rings is 1. The molecule has 0 aliphatic carbocycles. The van der Waals surface area contributed by atoms with Gasteiger partial charge in [0.15, 0.2) is 0 Å². The van der Waals surface area contributed by atoms with Crippen molar-refractivity contribution in [1.82, 2.24) is 10.3 Å². The first-order chi connectivity index (χ1) is 12.1. The van der Waals surface area contributed by atoms with Crippen LogP contribution >= 0.6 is 0 Å². The Kier molecular flexibility index (Phi) is 5.57. The SMILES string of the molecule is CCc1cc(N2CCCC(CNC(=O)C(C)C)C2)c2ccccc2n1. The summed E-state index contributed by atoms with van der Waals surface area (Å²) in [5.41, 5.74) is 3.51. The van der Waals surface area contributed by atoms with Gasteiger partial charge in [-0.05, 0) is 37.3 Å². The molecule has 1 N–H and O–H groups in total. The van der Waals surface area contributed by atoms with E-state index in [9.17, 15) is 4.79 Å². The Balaban J connectivity index is 1.79. The third-order valence-electron chi connectivity index (χ3n) is 5.06. The third kappa shape index (κ3) is 4.12. The van der Waals surface area contributed by atoms with Crippen LogP contribution < -0.4 is 10.2 Å². The predicted molar refractivity (Wildman–Crippen MR) is 104 cm³/mol. The zero-order valence-corrected chi connectivity index (χ0v) is 15.6. The quantitative estimate of drug-likeness (QED) is 0.901. The number of fused-ring (bicyclic) bond motifs is 1. The van der Waals surface area contributed by atoms with E-state index in [1.165, 1.54) is 23.9 Å². The Hall–Kier alpha value is -2.10. The molecular formula is C21H29N3O. The molecule has 2 aromatic rings. The fourth-order valence-corrected chi connectivity index (χ4v) is 3.55. The largest absolute Gasteiger partial charge is 0.371 e. The number of pyridine rings is 1. The molecule has 4 heteroatoms. The standard InChI is InChI=1S/C21H29N3O/c1-4-17-12-20(18-9-5-6-10-19(18)23-17)24-11-7-8-16(14-24)13-22-21(25)15(2)3/h5-6,9-10,12,15-16H,4,7-8,11,13-14H2,1-3H3,(H,22,25). The summed E-state index contributed by atoms with van der Waals surface area (Å²) in [5, 5.41) is 4.33. The zero-order valence-electron chi connectivity index (χ0n) is 15.6. The van der Waals surface area contributed by atoms with Crippen LogP contribution in [0.2, 0.25) is 0 Å². The summed E-state index contributed by atoms with van der Waals surface area (Å²) in [6, 6.07) is 10.7. The molecule has 1 aromatic carbocycles. The van der Waals surface area contributed by atoms with E-state index in [0.717, 1.165) is 37.3 Å². The lowest BCUT2D eigenvalue weighted by atomic mass is 9.96. The minimum absolute atomic E-state index is 0.0518. The minimum atomic E-state index is 0.0518. The van der Waals surface area contributed by atoms with E-state index in [-0.39, 0.29) is 11.8 Å². The summed E-state index contributed by atoms with van der Waals surface area (Å²) >= 11 is 0. The highest BCUT2D eigenvalue weighted by Crippen LogP contribution is 2.30. The molecule has 0 spiro atoms. The van der Waals surface area contributed by atoms with E-state index in [1.54, 1.807) is 0 Å². The number of hydrogen-bond donors (Lipinski definition) is 1. The van der Waals surface area contributed by atoms with Crippen LogP contribution in [0.15, 0.2) is 30.3 Å². The van der Waals surface area contributed by atoms with E-state index in [0.29, 0.717) is 5.92 Å². The van der Waals surface area contributed by atoms with Gasteiger partial charge in [0.1, 0.15) is 0 Å². The number of nitrogens with one attached hydrogen (secondary N) is 1. The number of amides is 1. The molecule has 1 unspecified atom stereocenters. The fourth-order valence-electron chi connectivity index (χ4n) is 3.55. The highest BCUT2D eigenvalue weighted by atomic mass is 16.1. The van der Waals surface area contributed by atoms with Crippen molar-refractivity contribution >= 4 is 22.5 Å². The molecule has 0 saturated carbocycles. The summed E-state index contributed by atoms with van der Waals surface area (Å²) in [7, 11) is 0. The van der Waals surface area contributed by atoms with Crippen LogP contribution in [0, 0.1) is 11.8 Å². The fraction of sp³-hybridized carbons (Fsp3) is 0.524. The number of anilines is 1. The second-order valence-electron chi connectivity index (χ2n) is 7.36. The van der Waals surface area contributed by atoms with Crippen molar-refractivity contribution in [2.75, 3.05) is 24.5 Å². The first-order valence-corrected chi connectivity index (χ1v) is 9.49. The number of rotatable bonds is 5. The van der Waals surface area contributed by atoms with Gasteiger partial charge in [0.25, 0.3) is 0 Å². The summed E-state index contributed by atoms with van der Waals surface area (Å²) in [6.45, 7) is 8.88. The van der Waals surface area contributed by atoms with E-state index in [2.05, 4.69) is 47.5 Å². The molecule has 25 heavy (non-hydrogen) atoms. The number of aryl methyl sites for hydroxylation is 1. The molecule has 1 amide bonds. The molecule has 1 aromatic heterocycles. The van der Waals surface area contributed by atoms with E-state index in [4.69, 9.17) is 4.98 Å². The van der Waals surface area contributed by atoms with E-state index in [1.807, 2.05) is 13.8 Å². The van der Waals surface area contributed by atoms with Gasteiger partial charge in [-0.2, -0.15) is 0 Å². The van der Waals surface area contributed by atoms with Crippen molar-refractivity contribution in [2.24, 2.45) is 11.8 Å².